The van der Waals surface area contributed by atoms with Crippen LogP contribution in [-0.2, 0) is 7.05 Å². The fourth-order valence-corrected chi connectivity index (χ4v) is 2.00. The molecule has 2 aromatic rings. The molecule has 17 heavy (non-hydrogen) atoms. The molecule has 1 aromatic heterocycles. The molecule has 4 nitrogen and oxygen atoms in total. The summed E-state index contributed by atoms with van der Waals surface area (Å²) in [6.07, 6.45) is 5.20. The van der Waals surface area contributed by atoms with Crippen molar-refractivity contribution in [2.45, 2.75) is 5.16 Å². The van der Waals surface area contributed by atoms with Crippen LogP contribution < -0.4 is 0 Å². The zero-order valence-corrected chi connectivity index (χ0v) is 10.1. The number of hydrogen-bond acceptors (Lipinski definition) is 4. The predicted octanol–water partition coefficient (Wildman–Crippen LogP) is 1.91. The second kappa shape index (κ2) is 4.93. The van der Waals surface area contributed by atoms with E-state index in [1.54, 1.807) is 24.3 Å². The molecule has 0 aliphatic carbocycles. The minimum atomic E-state index is 0.234. The van der Waals surface area contributed by atoms with E-state index in [-0.39, 0.29) is 5.75 Å². The Hall–Kier alpha value is -1.93. The number of terminal acetylenes is 1. The lowest BCUT2D eigenvalue weighted by Crippen LogP contribution is -1.94. The van der Waals surface area contributed by atoms with Gasteiger partial charge in [-0.2, -0.15) is 0 Å². The summed E-state index contributed by atoms with van der Waals surface area (Å²) in [6.45, 7) is 0. The van der Waals surface area contributed by atoms with Crippen molar-refractivity contribution in [2.75, 3.05) is 5.75 Å². The molecule has 0 amide bonds. The highest BCUT2D eigenvalue weighted by Gasteiger charge is 2.10. The summed E-state index contributed by atoms with van der Waals surface area (Å²) in [5.41, 5.74) is 0.908. The number of thioether (sulfide) groups is 1. The Morgan fingerprint density at radius 2 is 2.06 bits per heavy atom. The SMILES string of the molecule is C#CCSc1nnc(-c2ccc(O)cc2)n1C. The summed E-state index contributed by atoms with van der Waals surface area (Å²) < 4.78 is 1.88. The number of benzene rings is 1. The molecule has 0 aliphatic heterocycles. The molecule has 0 fully saturated rings. The van der Waals surface area contributed by atoms with Crippen LogP contribution in [0.3, 0.4) is 0 Å². The van der Waals surface area contributed by atoms with Crippen molar-refractivity contribution in [3.8, 4) is 29.5 Å². The van der Waals surface area contributed by atoms with E-state index >= 15 is 0 Å². The lowest BCUT2D eigenvalue weighted by molar-refractivity contribution is 0.475. The third kappa shape index (κ3) is 2.43. The molecule has 86 valence electrons. The Balaban J connectivity index is 2.31. The predicted molar refractivity (Wildman–Crippen MR) is 67.7 cm³/mol. The van der Waals surface area contributed by atoms with Crippen LogP contribution in [-0.4, -0.2) is 25.6 Å². The lowest BCUT2D eigenvalue weighted by atomic mass is 10.2. The van der Waals surface area contributed by atoms with Crippen LogP contribution in [0.1, 0.15) is 0 Å². The number of hydrogen-bond donors (Lipinski definition) is 1. The standard InChI is InChI=1S/C12H11N3OS/c1-3-8-17-12-14-13-11(15(12)2)9-4-6-10(16)7-5-9/h1,4-7,16H,8H2,2H3. The molecule has 2 rings (SSSR count). The van der Waals surface area contributed by atoms with E-state index in [0.29, 0.717) is 5.75 Å². The van der Waals surface area contributed by atoms with Crippen molar-refractivity contribution in [1.82, 2.24) is 14.8 Å². The fraction of sp³-hybridized carbons (Fsp3) is 0.167. The van der Waals surface area contributed by atoms with Gasteiger partial charge in [-0.1, -0.05) is 17.7 Å². The highest BCUT2D eigenvalue weighted by atomic mass is 32.2. The van der Waals surface area contributed by atoms with Gasteiger partial charge in [0.05, 0.1) is 5.75 Å². The topological polar surface area (TPSA) is 50.9 Å². The Bertz CT molecular complexity index is 554. The van der Waals surface area contributed by atoms with Gasteiger partial charge in [0.25, 0.3) is 0 Å². The first-order valence-electron chi connectivity index (χ1n) is 4.97. The van der Waals surface area contributed by atoms with E-state index in [2.05, 4.69) is 16.1 Å². The molecule has 1 N–H and O–H groups in total. The van der Waals surface area contributed by atoms with Crippen LogP contribution in [0.2, 0.25) is 0 Å². The summed E-state index contributed by atoms with van der Waals surface area (Å²) in [6, 6.07) is 6.85. The number of phenolic OH excluding ortho intramolecular Hbond substituents is 1. The Kier molecular flexibility index (Phi) is 3.35. The maximum Gasteiger partial charge on any atom is 0.192 e. The summed E-state index contributed by atoms with van der Waals surface area (Å²) in [4.78, 5) is 0. The van der Waals surface area contributed by atoms with Gasteiger partial charge in [0.2, 0.25) is 0 Å². The number of aromatic hydroxyl groups is 1. The molecule has 0 atom stereocenters. The smallest absolute Gasteiger partial charge is 0.192 e. The third-order valence-corrected chi connectivity index (χ3v) is 3.17. The van der Waals surface area contributed by atoms with Gasteiger partial charge >= 0.3 is 0 Å². The second-order valence-electron chi connectivity index (χ2n) is 3.40. The van der Waals surface area contributed by atoms with Crippen molar-refractivity contribution in [3.05, 3.63) is 24.3 Å². The van der Waals surface area contributed by atoms with E-state index in [1.807, 2.05) is 11.6 Å². The molecule has 0 saturated carbocycles. The molecule has 1 heterocycles. The number of aromatic nitrogens is 3. The van der Waals surface area contributed by atoms with Gasteiger partial charge in [-0.3, -0.25) is 0 Å². The maximum absolute atomic E-state index is 9.23. The zero-order chi connectivity index (χ0) is 12.3. The maximum atomic E-state index is 9.23. The van der Waals surface area contributed by atoms with Crippen LogP contribution in [0.15, 0.2) is 29.4 Å². The highest BCUT2D eigenvalue weighted by Crippen LogP contribution is 2.23. The summed E-state index contributed by atoms with van der Waals surface area (Å²) >= 11 is 1.47. The Morgan fingerprint density at radius 1 is 1.35 bits per heavy atom. The van der Waals surface area contributed by atoms with Crippen LogP contribution >= 0.6 is 11.8 Å². The summed E-state index contributed by atoms with van der Waals surface area (Å²) in [7, 11) is 1.89. The first kappa shape index (κ1) is 11.6. The van der Waals surface area contributed by atoms with Gasteiger partial charge in [0, 0.05) is 12.6 Å². The van der Waals surface area contributed by atoms with Gasteiger partial charge in [0.1, 0.15) is 5.75 Å². The van der Waals surface area contributed by atoms with Gasteiger partial charge in [-0.05, 0) is 24.3 Å². The number of phenols is 1. The van der Waals surface area contributed by atoms with E-state index in [9.17, 15) is 5.11 Å². The quantitative estimate of drug-likeness (QED) is 0.663. The second-order valence-corrected chi connectivity index (χ2v) is 4.35. The largest absolute Gasteiger partial charge is 0.508 e. The van der Waals surface area contributed by atoms with E-state index in [4.69, 9.17) is 6.42 Å². The molecule has 1 aromatic carbocycles. The van der Waals surface area contributed by atoms with Crippen molar-refractivity contribution in [2.24, 2.45) is 7.05 Å². The number of rotatable bonds is 3. The van der Waals surface area contributed by atoms with Gasteiger partial charge < -0.3 is 9.67 Å². The molecule has 0 radical (unpaired) electrons. The minimum absolute atomic E-state index is 0.234. The summed E-state index contributed by atoms with van der Waals surface area (Å²) in [5.74, 6) is 4.11. The van der Waals surface area contributed by atoms with Gasteiger partial charge in [-0.15, -0.1) is 16.6 Å². The van der Waals surface area contributed by atoms with Crippen molar-refractivity contribution >= 4 is 11.8 Å². The van der Waals surface area contributed by atoms with Crippen molar-refractivity contribution in [1.29, 1.82) is 0 Å². The minimum Gasteiger partial charge on any atom is -0.508 e. The van der Waals surface area contributed by atoms with E-state index in [1.165, 1.54) is 11.8 Å². The van der Waals surface area contributed by atoms with E-state index in [0.717, 1.165) is 16.5 Å². The van der Waals surface area contributed by atoms with Crippen LogP contribution in [0.25, 0.3) is 11.4 Å². The molecule has 0 saturated heterocycles. The first-order chi connectivity index (χ1) is 8.22. The number of nitrogens with zero attached hydrogens (tertiary/aromatic N) is 3. The van der Waals surface area contributed by atoms with Gasteiger partial charge in [-0.25, -0.2) is 0 Å². The Labute approximate surface area is 104 Å². The highest BCUT2D eigenvalue weighted by molar-refractivity contribution is 7.99. The first-order valence-corrected chi connectivity index (χ1v) is 5.96. The molecule has 0 spiro atoms. The van der Waals surface area contributed by atoms with Gasteiger partial charge in [0.15, 0.2) is 11.0 Å². The molecule has 0 bridgehead atoms. The molecule has 0 unspecified atom stereocenters. The van der Waals surface area contributed by atoms with Crippen molar-refractivity contribution < 1.29 is 5.11 Å². The summed E-state index contributed by atoms with van der Waals surface area (Å²) in [5, 5.41) is 18.2. The van der Waals surface area contributed by atoms with Crippen LogP contribution in [0.4, 0.5) is 0 Å². The molecular weight excluding hydrogens is 234 g/mol. The lowest BCUT2D eigenvalue weighted by Gasteiger charge is -2.02. The molecule has 5 heteroatoms. The van der Waals surface area contributed by atoms with Crippen LogP contribution in [0, 0.1) is 12.3 Å². The fourth-order valence-electron chi connectivity index (χ4n) is 1.41. The Morgan fingerprint density at radius 3 is 2.71 bits per heavy atom. The normalized spacial score (nSPS) is 10.1. The monoisotopic (exact) mass is 245 g/mol. The average molecular weight is 245 g/mol. The zero-order valence-electron chi connectivity index (χ0n) is 9.29. The molecular formula is C12H11N3OS. The third-order valence-electron chi connectivity index (χ3n) is 2.25. The van der Waals surface area contributed by atoms with E-state index < -0.39 is 0 Å². The van der Waals surface area contributed by atoms with Crippen molar-refractivity contribution in [3.63, 3.8) is 0 Å². The van der Waals surface area contributed by atoms with Crippen LogP contribution in [0.5, 0.6) is 5.75 Å². The molecule has 0 aliphatic rings. The average Bonchev–Trinajstić information content (AvgIpc) is 2.69.